The van der Waals surface area contributed by atoms with E-state index in [1.807, 2.05) is 30.3 Å². The Morgan fingerprint density at radius 3 is 2.35 bits per heavy atom. The topological polar surface area (TPSA) is 12.4 Å². The number of aliphatic imine (C=N–C) groups is 1. The van der Waals surface area contributed by atoms with Gasteiger partial charge in [0.1, 0.15) is 4.34 Å². The van der Waals surface area contributed by atoms with E-state index < -0.39 is 0 Å². The quantitative estimate of drug-likeness (QED) is 0.465. The molecule has 0 spiro atoms. The summed E-state index contributed by atoms with van der Waals surface area (Å²) in [6.07, 6.45) is 1.69. The normalized spacial score (nSPS) is 11.6. The van der Waals surface area contributed by atoms with E-state index in [2.05, 4.69) is 17.1 Å². The number of nitrogens with zero attached hydrogens (tertiary/aromatic N) is 1. The largest absolute Gasteiger partial charge is 0.255 e. The molecule has 100 valence electrons. The summed E-state index contributed by atoms with van der Waals surface area (Å²) in [5, 5.41) is 3.17. The van der Waals surface area contributed by atoms with E-state index in [0.29, 0.717) is 14.4 Å². The molecule has 0 aliphatic rings. The average molecular weight is 341 g/mol. The predicted molar refractivity (Wildman–Crippen MR) is 90.6 cm³/mol. The Morgan fingerprint density at radius 2 is 1.65 bits per heavy atom. The van der Waals surface area contributed by atoms with Gasteiger partial charge < -0.3 is 0 Å². The van der Waals surface area contributed by atoms with Crippen LogP contribution in [0, 0.1) is 0 Å². The molecule has 0 aliphatic carbocycles. The van der Waals surface area contributed by atoms with Crippen LogP contribution in [0.25, 0.3) is 10.8 Å². The second-order valence-corrected chi connectivity index (χ2v) is 6.57. The molecule has 0 bridgehead atoms. The number of thiophene rings is 1. The molecule has 20 heavy (non-hydrogen) atoms. The molecule has 0 saturated heterocycles. The van der Waals surface area contributed by atoms with Crippen LogP contribution in [-0.4, -0.2) is 6.21 Å². The minimum absolute atomic E-state index is 0.387. The fraction of sp³-hybridized carbons (Fsp3) is 0. The van der Waals surface area contributed by atoms with Crippen LogP contribution in [0.4, 0.5) is 5.69 Å². The Morgan fingerprint density at radius 1 is 0.900 bits per heavy atom. The van der Waals surface area contributed by atoms with Gasteiger partial charge in [0.2, 0.25) is 0 Å². The van der Waals surface area contributed by atoms with E-state index in [9.17, 15) is 0 Å². The third kappa shape index (κ3) is 2.70. The van der Waals surface area contributed by atoms with Gasteiger partial charge >= 0.3 is 0 Å². The van der Waals surface area contributed by atoms with Crippen LogP contribution in [0.2, 0.25) is 14.4 Å². The Bertz CT molecular complexity index is 808. The molecule has 0 amide bonds. The second kappa shape index (κ2) is 5.74. The van der Waals surface area contributed by atoms with Crippen molar-refractivity contribution in [2.45, 2.75) is 0 Å². The fourth-order valence-electron chi connectivity index (χ4n) is 1.85. The van der Waals surface area contributed by atoms with E-state index in [1.54, 1.807) is 6.21 Å². The Labute approximate surface area is 135 Å². The SMILES string of the molecule is Clc1sc(C=Nc2ccc3ccccc3c2)c(Cl)c1Cl. The van der Waals surface area contributed by atoms with Gasteiger partial charge in [-0.3, -0.25) is 4.99 Å². The molecule has 2 aromatic carbocycles. The highest BCUT2D eigenvalue weighted by Crippen LogP contribution is 2.39. The summed E-state index contributed by atoms with van der Waals surface area (Å²) in [6, 6.07) is 14.2. The van der Waals surface area contributed by atoms with Gasteiger partial charge in [0, 0.05) is 6.21 Å². The first-order valence-electron chi connectivity index (χ1n) is 5.81. The van der Waals surface area contributed by atoms with Crippen molar-refractivity contribution in [3.8, 4) is 0 Å². The molecule has 0 atom stereocenters. The summed E-state index contributed by atoms with van der Waals surface area (Å²) in [5.41, 5.74) is 0.861. The van der Waals surface area contributed by atoms with Crippen molar-refractivity contribution >= 4 is 68.8 Å². The first-order chi connectivity index (χ1) is 9.65. The molecular formula is C15H8Cl3NS. The second-order valence-electron chi connectivity index (χ2n) is 4.16. The molecule has 0 fully saturated rings. The smallest absolute Gasteiger partial charge is 0.114 e. The number of hydrogen-bond acceptors (Lipinski definition) is 2. The van der Waals surface area contributed by atoms with Crippen molar-refractivity contribution in [2.24, 2.45) is 4.99 Å². The lowest BCUT2D eigenvalue weighted by molar-refractivity contribution is 1.56. The van der Waals surface area contributed by atoms with Crippen LogP contribution >= 0.6 is 46.1 Å². The van der Waals surface area contributed by atoms with E-state index in [1.165, 1.54) is 16.7 Å². The standard InChI is InChI=1S/C15H8Cl3NS/c16-13-12(20-15(18)14(13)17)8-19-11-6-5-9-3-1-2-4-10(9)7-11/h1-8H. The number of halogens is 3. The van der Waals surface area contributed by atoms with Crippen LogP contribution in [0.5, 0.6) is 0 Å². The predicted octanol–water partition coefficient (Wildman–Crippen LogP) is 6.61. The van der Waals surface area contributed by atoms with Gasteiger partial charge in [0.15, 0.2) is 0 Å². The van der Waals surface area contributed by atoms with Crippen LogP contribution in [0.1, 0.15) is 4.88 Å². The molecule has 1 nitrogen and oxygen atoms in total. The number of benzene rings is 2. The van der Waals surface area contributed by atoms with E-state index in [4.69, 9.17) is 34.8 Å². The zero-order valence-corrected chi connectivity index (χ0v) is 13.2. The minimum atomic E-state index is 0.387. The summed E-state index contributed by atoms with van der Waals surface area (Å²) in [4.78, 5) is 5.18. The van der Waals surface area contributed by atoms with Crippen LogP contribution in [0.15, 0.2) is 47.5 Å². The molecule has 3 aromatic rings. The molecule has 0 unspecified atom stereocenters. The Balaban J connectivity index is 1.95. The molecule has 5 heteroatoms. The van der Waals surface area contributed by atoms with Crippen molar-refractivity contribution in [1.82, 2.24) is 0 Å². The average Bonchev–Trinajstić information content (AvgIpc) is 2.72. The summed E-state index contributed by atoms with van der Waals surface area (Å²) < 4.78 is 0.483. The summed E-state index contributed by atoms with van der Waals surface area (Å²) in [5.74, 6) is 0. The number of hydrogen-bond donors (Lipinski definition) is 0. The molecular weight excluding hydrogens is 333 g/mol. The lowest BCUT2D eigenvalue weighted by Gasteiger charge is -1.98. The van der Waals surface area contributed by atoms with E-state index in [0.717, 1.165) is 16.0 Å². The monoisotopic (exact) mass is 339 g/mol. The molecule has 1 heterocycles. The maximum atomic E-state index is 6.08. The lowest BCUT2D eigenvalue weighted by atomic mass is 10.1. The van der Waals surface area contributed by atoms with Crippen LogP contribution in [0.3, 0.4) is 0 Å². The van der Waals surface area contributed by atoms with Crippen molar-refractivity contribution in [1.29, 1.82) is 0 Å². The first kappa shape index (κ1) is 13.9. The van der Waals surface area contributed by atoms with Crippen LogP contribution < -0.4 is 0 Å². The minimum Gasteiger partial charge on any atom is -0.255 e. The van der Waals surface area contributed by atoms with E-state index >= 15 is 0 Å². The highest BCUT2D eigenvalue weighted by atomic mass is 35.5. The first-order valence-corrected chi connectivity index (χ1v) is 7.76. The van der Waals surface area contributed by atoms with Crippen LogP contribution in [-0.2, 0) is 0 Å². The third-order valence-corrected chi connectivity index (χ3v) is 5.37. The Kier molecular flexibility index (Phi) is 3.99. The lowest BCUT2D eigenvalue weighted by Crippen LogP contribution is -1.75. The molecule has 3 rings (SSSR count). The van der Waals surface area contributed by atoms with Gasteiger partial charge in [-0.25, -0.2) is 0 Å². The van der Waals surface area contributed by atoms with Gasteiger partial charge in [-0.2, -0.15) is 0 Å². The molecule has 0 saturated carbocycles. The van der Waals surface area contributed by atoms with Gasteiger partial charge in [0.25, 0.3) is 0 Å². The summed E-state index contributed by atoms with van der Waals surface area (Å²) in [6.45, 7) is 0. The molecule has 0 aliphatic heterocycles. The fourth-order valence-corrected chi connectivity index (χ4v) is 3.52. The van der Waals surface area contributed by atoms with Gasteiger partial charge in [-0.05, 0) is 22.9 Å². The Hall–Kier alpha value is -1.06. The maximum Gasteiger partial charge on any atom is 0.114 e. The highest BCUT2D eigenvalue weighted by Gasteiger charge is 2.11. The van der Waals surface area contributed by atoms with Crippen molar-refractivity contribution in [3.05, 3.63) is 61.7 Å². The summed E-state index contributed by atoms with van der Waals surface area (Å²) in [7, 11) is 0. The van der Waals surface area contributed by atoms with Crippen molar-refractivity contribution < 1.29 is 0 Å². The van der Waals surface area contributed by atoms with E-state index in [-0.39, 0.29) is 0 Å². The molecule has 0 radical (unpaired) electrons. The highest BCUT2D eigenvalue weighted by molar-refractivity contribution is 7.19. The van der Waals surface area contributed by atoms with Gasteiger partial charge in [0.05, 0.1) is 20.6 Å². The van der Waals surface area contributed by atoms with Crippen molar-refractivity contribution in [3.63, 3.8) is 0 Å². The zero-order valence-electron chi connectivity index (χ0n) is 10.1. The maximum absolute atomic E-state index is 6.08. The number of rotatable bonds is 2. The zero-order chi connectivity index (χ0) is 14.1. The van der Waals surface area contributed by atoms with Gasteiger partial charge in [-0.1, -0.05) is 65.1 Å². The van der Waals surface area contributed by atoms with Gasteiger partial charge in [-0.15, -0.1) is 11.3 Å². The van der Waals surface area contributed by atoms with Crippen molar-refractivity contribution in [2.75, 3.05) is 0 Å². The molecule has 1 aromatic heterocycles. The summed E-state index contributed by atoms with van der Waals surface area (Å²) >= 11 is 19.3. The number of fused-ring (bicyclic) bond motifs is 1. The third-order valence-electron chi connectivity index (χ3n) is 2.85. The molecule has 0 N–H and O–H groups in total.